The summed E-state index contributed by atoms with van der Waals surface area (Å²) in [5, 5.41) is 0. The smallest absolute Gasteiger partial charge is 0.338 e. The van der Waals surface area contributed by atoms with Crippen LogP contribution < -0.4 is 0 Å². The highest BCUT2D eigenvalue weighted by atomic mass is 19.1. The number of hydrogen-bond donors (Lipinski definition) is 0. The largest absolute Gasteiger partial charge is 0.458 e. The number of allylic oxidation sites excluding steroid dienone is 2. The molecule has 0 spiro atoms. The van der Waals surface area contributed by atoms with Gasteiger partial charge in [0.15, 0.2) is 0 Å². The van der Waals surface area contributed by atoms with E-state index in [1.54, 1.807) is 30.3 Å². The minimum atomic E-state index is -0.954. The first-order chi connectivity index (χ1) is 9.18. The summed E-state index contributed by atoms with van der Waals surface area (Å²) in [6.07, 6.45) is 2.97. The Morgan fingerprint density at radius 3 is 2.89 bits per heavy atom. The van der Waals surface area contributed by atoms with Crippen LogP contribution in [0.2, 0.25) is 0 Å². The molecule has 1 aliphatic carbocycles. The summed E-state index contributed by atoms with van der Waals surface area (Å²) in [7, 11) is 0. The first-order valence-corrected chi connectivity index (χ1v) is 6.43. The van der Waals surface area contributed by atoms with Gasteiger partial charge in [0.1, 0.15) is 12.8 Å². The van der Waals surface area contributed by atoms with Crippen LogP contribution >= 0.6 is 0 Å². The fraction of sp³-hybridized carbons (Fsp3) is 0.312. The molecular weight excluding hydrogens is 243 g/mol. The zero-order valence-corrected chi connectivity index (χ0v) is 10.8. The molecule has 0 heterocycles. The molecule has 3 heteroatoms. The van der Waals surface area contributed by atoms with Gasteiger partial charge in [0, 0.05) is 0 Å². The van der Waals surface area contributed by atoms with Crippen LogP contribution in [-0.4, -0.2) is 18.7 Å². The topological polar surface area (TPSA) is 26.3 Å². The summed E-state index contributed by atoms with van der Waals surface area (Å²) in [5.74, 6) is -0.365. The molecule has 2 rings (SSSR count). The second-order valence-electron chi connectivity index (χ2n) is 4.58. The van der Waals surface area contributed by atoms with Gasteiger partial charge in [0.05, 0.1) is 5.56 Å². The van der Waals surface area contributed by atoms with Gasteiger partial charge in [0.2, 0.25) is 0 Å². The predicted molar refractivity (Wildman–Crippen MR) is 72.7 cm³/mol. The lowest BCUT2D eigenvalue weighted by atomic mass is 9.89. The molecule has 0 aromatic heterocycles. The zero-order chi connectivity index (χ0) is 13.7. The van der Waals surface area contributed by atoms with Crippen LogP contribution in [0.4, 0.5) is 4.39 Å². The maximum absolute atomic E-state index is 13.4. The van der Waals surface area contributed by atoms with E-state index in [1.165, 1.54) is 0 Å². The quantitative estimate of drug-likeness (QED) is 0.772. The van der Waals surface area contributed by atoms with Gasteiger partial charge in [-0.2, -0.15) is 0 Å². The third kappa shape index (κ3) is 3.53. The summed E-state index contributed by atoms with van der Waals surface area (Å²) >= 11 is 0. The van der Waals surface area contributed by atoms with Crippen molar-refractivity contribution in [3.63, 3.8) is 0 Å². The molecule has 1 aromatic rings. The van der Waals surface area contributed by atoms with Gasteiger partial charge < -0.3 is 4.74 Å². The molecule has 1 atom stereocenters. The fourth-order valence-electron chi connectivity index (χ4n) is 2.12. The SMILES string of the molecule is C=C1/C(=C\COC(=O)c2ccccc2)CCCC1F. The van der Waals surface area contributed by atoms with Crippen molar-refractivity contribution in [1.29, 1.82) is 0 Å². The monoisotopic (exact) mass is 260 g/mol. The normalized spacial score (nSPS) is 21.4. The van der Waals surface area contributed by atoms with Crippen molar-refractivity contribution in [1.82, 2.24) is 0 Å². The lowest BCUT2D eigenvalue weighted by Crippen LogP contribution is -2.13. The van der Waals surface area contributed by atoms with Gasteiger partial charge >= 0.3 is 5.97 Å². The summed E-state index contributed by atoms with van der Waals surface area (Å²) in [6, 6.07) is 8.81. The average Bonchev–Trinajstić information content (AvgIpc) is 2.44. The molecule has 19 heavy (non-hydrogen) atoms. The van der Waals surface area contributed by atoms with Crippen molar-refractivity contribution in [2.45, 2.75) is 25.4 Å². The Kier molecular flexibility index (Phi) is 4.50. The first-order valence-electron chi connectivity index (χ1n) is 6.43. The fourth-order valence-corrected chi connectivity index (χ4v) is 2.12. The van der Waals surface area contributed by atoms with E-state index in [2.05, 4.69) is 6.58 Å². The van der Waals surface area contributed by atoms with E-state index in [4.69, 9.17) is 4.74 Å². The Morgan fingerprint density at radius 1 is 1.42 bits per heavy atom. The van der Waals surface area contributed by atoms with Crippen molar-refractivity contribution in [3.8, 4) is 0 Å². The van der Waals surface area contributed by atoms with Crippen LogP contribution in [0.1, 0.15) is 29.6 Å². The summed E-state index contributed by atoms with van der Waals surface area (Å²) < 4.78 is 18.6. The first kappa shape index (κ1) is 13.5. The van der Waals surface area contributed by atoms with Gasteiger partial charge in [-0.05, 0) is 48.6 Å². The number of ether oxygens (including phenoxy) is 1. The van der Waals surface area contributed by atoms with E-state index < -0.39 is 6.17 Å². The highest BCUT2D eigenvalue weighted by Crippen LogP contribution is 2.29. The summed E-state index contributed by atoms with van der Waals surface area (Å²) in [6.45, 7) is 3.91. The van der Waals surface area contributed by atoms with Crippen molar-refractivity contribution in [2.24, 2.45) is 0 Å². The minimum Gasteiger partial charge on any atom is -0.458 e. The van der Waals surface area contributed by atoms with E-state index in [1.807, 2.05) is 6.07 Å². The second kappa shape index (κ2) is 6.32. The summed E-state index contributed by atoms with van der Waals surface area (Å²) in [5.41, 5.74) is 1.92. The molecule has 1 fully saturated rings. The summed E-state index contributed by atoms with van der Waals surface area (Å²) in [4.78, 5) is 11.7. The zero-order valence-electron chi connectivity index (χ0n) is 10.8. The molecule has 1 aliphatic rings. The van der Waals surface area contributed by atoms with Gasteiger partial charge in [-0.25, -0.2) is 9.18 Å². The molecule has 2 nitrogen and oxygen atoms in total. The van der Waals surface area contributed by atoms with Crippen molar-refractivity contribution < 1.29 is 13.9 Å². The Hall–Kier alpha value is -1.90. The number of esters is 1. The lowest BCUT2D eigenvalue weighted by molar-refractivity contribution is 0.0549. The van der Waals surface area contributed by atoms with Crippen LogP contribution in [0, 0.1) is 0 Å². The van der Waals surface area contributed by atoms with Crippen LogP contribution in [0.15, 0.2) is 54.1 Å². The van der Waals surface area contributed by atoms with Crippen molar-refractivity contribution >= 4 is 5.97 Å². The number of rotatable bonds is 3. The van der Waals surface area contributed by atoms with Gasteiger partial charge in [-0.15, -0.1) is 0 Å². The lowest BCUT2D eigenvalue weighted by Gasteiger charge is -2.20. The van der Waals surface area contributed by atoms with Gasteiger partial charge in [0.25, 0.3) is 0 Å². The molecule has 1 aromatic carbocycles. The van der Waals surface area contributed by atoms with Crippen LogP contribution in [-0.2, 0) is 4.74 Å². The average molecular weight is 260 g/mol. The Bertz CT molecular complexity index is 491. The molecular formula is C16H17FO2. The van der Waals surface area contributed by atoms with Crippen LogP contribution in [0.5, 0.6) is 0 Å². The van der Waals surface area contributed by atoms with Crippen LogP contribution in [0.3, 0.4) is 0 Å². The number of carbonyl (C=O) groups is 1. The molecule has 0 N–H and O–H groups in total. The van der Waals surface area contributed by atoms with Crippen molar-refractivity contribution in [2.75, 3.05) is 6.61 Å². The molecule has 0 aliphatic heterocycles. The van der Waals surface area contributed by atoms with E-state index in [-0.39, 0.29) is 12.6 Å². The maximum Gasteiger partial charge on any atom is 0.338 e. The number of alkyl halides is 1. The molecule has 0 bridgehead atoms. The van der Waals surface area contributed by atoms with E-state index >= 15 is 0 Å². The number of hydrogen-bond acceptors (Lipinski definition) is 2. The molecule has 0 saturated heterocycles. The molecule has 1 saturated carbocycles. The minimum absolute atomic E-state index is 0.162. The number of carbonyl (C=O) groups excluding carboxylic acids is 1. The predicted octanol–water partition coefficient (Wildman–Crippen LogP) is 3.85. The third-order valence-electron chi connectivity index (χ3n) is 3.25. The molecule has 100 valence electrons. The highest BCUT2D eigenvalue weighted by Gasteiger charge is 2.20. The Morgan fingerprint density at radius 2 is 2.16 bits per heavy atom. The standard InChI is InChI=1S/C16H17FO2/c1-12-13(8-5-9-15(12)17)10-11-19-16(18)14-6-3-2-4-7-14/h2-4,6-7,10,15H,1,5,8-9,11H2/b13-10-. The Balaban J connectivity index is 1.89. The van der Waals surface area contributed by atoms with E-state index in [0.29, 0.717) is 17.6 Å². The molecule has 0 radical (unpaired) electrons. The maximum atomic E-state index is 13.4. The molecule has 1 unspecified atom stereocenters. The third-order valence-corrected chi connectivity index (χ3v) is 3.25. The highest BCUT2D eigenvalue weighted by molar-refractivity contribution is 5.89. The van der Waals surface area contributed by atoms with Crippen molar-refractivity contribution in [3.05, 3.63) is 59.7 Å². The Labute approximate surface area is 112 Å². The molecule has 0 amide bonds. The van der Waals surface area contributed by atoms with Gasteiger partial charge in [-0.3, -0.25) is 0 Å². The van der Waals surface area contributed by atoms with Crippen LogP contribution in [0.25, 0.3) is 0 Å². The van der Waals surface area contributed by atoms with E-state index in [0.717, 1.165) is 18.4 Å². The number of benzene rings is 1. The second-order valence-corrected chi connectivity index (χ2v) is 4.58. The number of halogens is 1. The van der Waals surface area contributed by atoms with E-state index in [9.17, 15) is 9.18 Å². The van der Waals surface area contributed by atoms with Gasteiger partial charge in [-0.1, -0.05) is 24.8 Å².